The number of rotatable bonds is 4. The predicted octanol–water partition coefficient (Wildman–Crippen LogP) is 2.13. The molecular weight excluding hydrogens is 200 g/mol. The molecule has 1 heterocycles. The zero-order valence-corrected chi connectivity index (χ0v) is 9.30. The van der Waals surface area contributed by atoms with E-state index in [4.69, 9.17) is 9.84 Å². The Morgan fingerprint density at radius 3 is 2.64 bits per heavy atom. The zero-order valence-electron chi connectivity index (χ0n) is 8.48. The van der Waals surface area contributed by atoms with Gasteiger partial charge in [-0.3, -0.25) is 0 Å². The smallest absolute Gasteiger partial charge is 0.333 e. The Bertz CT molecular complexity index is 303. The molecule has 0 radical (unpaired) electrons. The fourth-order valence-electron chi connectivity index (χ4n) is 1.49. The van der Waals surface area contributed by atoms with Crippen molar-refractivity contribution >= 4 is 17.3 Å². The van der Waals surface area contributed by atoms with Crippen molar-refractivity contribution in [3.8, 4) is 0 Å². The second-order valence-corrected chi connectivity index (χ2v) is 4.47. The maximum Gasteiger partial charge on any atom is 0.333 e. The summed E-state index contributed by atoms with van der Waals surface area (Å²) in [5.74, 6) is -0.927. The number of methoxy groups -OCH3 is 1. The molecule has 0 fully saturated rings. The van der Waals surface area contributed by atoms with Crippen LogP contribution >= 0.6 is 11.3 Å². The molecule has 1 unspecified atom stereocenters. The molecule has 0 aliphatic carbocycles. The molecule has 0 aliphatic rings. The van der Waals surface area contributed by atoms with E-state index in [9.17, 15) is 4.79 Å². The first-order valence-electron chi connectivity index (χ1n) is 4.28. The topological polar surface area (TPSA) is 46.5 Å². The quantitative estimate of drug-likeness (QED) is 0.835. The minimum atomic E-state index is -0.927. The van der Waals surface area contributed by atoms with Crippen molar-refractivity contribution in [2.75, 3.05) is 7.11 Å². The molecule has 1 N–H and O–H groups in total. The van der Waals surface area contributed by atoms with Crippen molar-refractivity contribution < 1.29 is 14.6 Å². The van der Waals surface area contributed by atoms with Gasteiger partial charge in [-0.25, -0.2) is 4.79 Å². The first-order valence-corrected chi connectivity index (χ1v) is 5.22. The third-order valence-electron chi connectivity index (χ3n) is 2.38. The Morgan fingerprint density at radius 2 is 2.29 bits per heavy atom. The number of thiophene rings is 1. The molecule has 0 aliphatic heterocycles. The van der Waals surface area contributed by atoms with E-state index in [1.54, 1.807) is 11.3 Å². The summed E-state index contributed by atoms with van der Waals surface area (Å²) in [5, 5.41) is 12.9. The van der Waals surface area contributed by atoms with Crippen LogP contribution in [-0.4, -0.2) is 24.3 Å². The Morgan fingerprint density at radius 1 is 1.64 bits per heavy atom. The fourth-order valence-corrected chi connectivity index (χ4v) is 2.32. The van der Waals surface area contributed by atoms with Crippen LogP contribution in [0.2, 0.25) is 0 Å². The number of carbonyl (C=O) groups is 1. The maximum absolute atomic E-state index is 11.0. The first-order chi connectivity index (χ1) is 6.50. The normalized spacial score (nSPS) is 13.9. The Kier molecular flexibility index (Phi) is 3.29. The lowest BCUT2D eigenvalue weighted by molar-refractivity contribution is -0.152. The van der Waals surface area contributed by atoms with Gasteiger partial charge in [0.25, 0.3) is 0 Å². The van der Waals surface area contributed by atoms with Crippen LogP contribution in [0.15, 0.2) is 16.8 Å². The number of aliphatic carboxylic acids is 1. The lowest BCUT2D eigenvalue weighted by atomic mass is 9.81. The summed E-state index contributed by atoms with van der Waals surface area (Å²) in [5.41, 5.74) is 0.498. The van der Waals surface area contributed by atoms with Crippen molar-refractivity contribution in [1.29, 1.82) is 0 Å². The maximum atomic E-state index is 11.0. The van der Waals surface area contributed by atoms with E-state index in [1.807, 2.05) is 30.7 Å². The zero-order chi connectivity index (χ0) is 10.8. The Balaban J connectivity index is 2.99. The summed E-state index contributed by atoms with van der Waals surface area (Å²) in [7, 11) is 1.42. The molecule has 78 valence electrons. The van der Waals surface area contributed by atoms with Crippen molar-refractivity contribution in [1.82, 2.24) is 0 Å². The standard InChI is InChI=1S/C10H14O3S/c1-10(2,7-4-5-14-6-7)8(13-3)9(11)12/h4-6,8H,1-3H3,(H,11,12). The molecule has 0 saturated carbocycles. The monoisotopic (exact) mass is 214 g/mol. The van der Waals surface area contributed by atoms with Crippen molar-refractivity contribution in [2.45, 2.75) is 25.4 Å². The van der Waals surface area contributed by atoms with Crippen LogP contribution < -0.4 is 0 Å². The van der Waals surface area contributed by atoms with Crippen molar-refractivity contribution in [2.24, 2.45) is 0 Å². The Labute approximate surface area is 87.3 Å². The van der Waals surface area contributed by atoms with E-state index < -0.39 is 17.5 Å². The number of hydrogen-bond acceptors (Lipinski definition) is 3. The summed E-state index contributed by atoms with van der Waals surface area (Å²) in [6.45, 7) is 3.74. The minimum Gasteiger partial charge on any atom is -0.479 e. The van der Waals surface area contributed by atoms with Crippen LogP contribution in [0.4, 0.5) is 0 Å². The van der Waals surface area contributed by atoms with Crippen LogP contribution in [0.1, 0.15) is 19.4 Å². The second-order valence-electron chi connectivity index (χ2n) is 3.69. The van der Waals surface area contributed by atoms with E-state index in [1.165, 1.54) is 7.11 Å². The summed E-state index contributed by atoms with van der Waals surface area (Å²) < 4.78 is 5.01. The van der Waals surface area contributed by atoms with Crippen LogP contribution in [0.3, 0.4) is 0 Å². The molecule has 4 heteroatoms. The highest BCUT2D eigenvalue weighted by molar-refractivity contribution is 7.08. The van der Waals surface area contributed by atoms with Crippen LogP contribution in [0, 0.1) is 0 Å². The number of ether oxygens (including phenoxy) is 1. The van der Waals surface area contributed by atoms with E-state index in [0.717, 1.165) is 5.56 Å². The molecule has 1 atom stereocenters. The summed E-state index contributed by atoms with van der Waals surface area (Å²) in [6, 6.07) is 1.93. The molecule has 0 aromatic carbocycles. The third-order valence-corrected chi connectivity index (χ3v) is 3.06. The Hall–Kier alpha value is -0.870. The molecule has 0 bridgehead atoms. The van der Waals surface area contributed by atoms with Crippen LogP contribution in [0.5, 0.6) is 0 Å². The van der Waals surface area contributed by atoms with Gasteiger partial charge in [-0.05, 0) is 22.4 Å². The highest BCUT2D eigenvalue weighted by Gasteiger charge is 2.37. The summed E-state index contributed by atoms with van der Waals surface area (Å²) >= 11 is 1.56. The van der Waals surface area contributed by atoms with Gasteiger partial charge in [-0.2, -0.15) is 11.3 Å². The van der Waals surface area contributed by atoms with Gasteiger partial charge in [0.2, 0.25) is 0 Å². The van der Waals surface area contributed by atoms with Gasteiger partial charge in [0.05, 0.1) is 0 Å². The average Bonchev–Trinajstić information content (AvgIpc) is 2.55. The molecule has 0 saturated heterocycles. The summed E-state index contributed by atoms with van der Waals surface area (Å²) in [4.78, 5) is 11.0. The first kappa shape index (κ1) is 11.2. The fraction of sp³-hybridized carbons (Fsp3) is 0.500. The van der Waals surface area contributed by atoms with E-state index in [2.05, 4.69) is 0 Å². The molecule has 0 amide bonds. The average molecular weight is 214 g/mol. The number of hydrogen-bond donors (Lipinski definition) is 1. The van der Waals surface area contributed by atoms with Gasteiger partial charge < -0.3 is 9.84 Å². The second kappa shape index (κ2) is 4.11. The van der Waals surface area contributed by atoms with Crippen molar-refractivity contribution in [3.05, 3.63) is 22.4 Å². The highest BCUT2D eigenvalue weighted by Crippen LogP contribution is 2.30. The minimum absolute atomic E-state index is 0.499. The molecule has 1 aromatic rings. The molecule has 14 heavy (non-hydrogen) atoms. The third kappa shape index (κ3) is 1.96. The molecule has 0 spiro atoms. The van der Waals surface area contributed by atoms with Crippen molar-refractivity contribution in [3.63, 3.8) is 0 Å². The van der Waals surface area contributed by atoms with E-state index in [0.29, 0.717) is 0 Å². The van der Waals surface area contributed by atoms with Gasteiger partial charge in [-0.1, -0.05) is 13.8 Å². The number of carboxylic acid groups (broad SMARTS) is 1. The van der Waals surface area contributed by atoms with Gasteiger partial charge in [0.1, 0.15) is 0 Å². The van der Waals surface area contributed by atoms with Gasteiger partial charge >= 0.3 is 5.97 Å². The van der Waals surface area contributed by atoms with E-state index in [-0.39, 0.29) is 0 Å². The molecule has 1 rings (SSSR count). The van der Waals surface area contributed by atoms with Crippen LogP contribution in [-0.2, 0) is 14.9 Å². The van der Waals surface area contributed by atoms with Gasteiger partial charge in [0, 0.05) is 12.5 Å². The van der Waals surface area contributed by atoms with Gasteiger partial charge in [-0.15, -0.1) is 0 Å². The molecule has 1 aromatic heterocycles. The highest BCUT2D eigenvalue weighted by atomic mass is 32.1. The molecular formula is C10H14O3S. The predicted molar refractivity (Wildman–Crippen MR) is 55.8 cm³/mol. The summed E-state index contributed by atoms with van der Waals surface area (Å²) in [6.07, 6.45) is -0.808. The van der Waals surface area contributed by atoms with E-state index >= 15 is 0 Å². The van der Waals surface area contributed by atoms with Crippen LogP contribution in [0.25, 0.3) is 0 Å². The largest absolute Gasteiger partial charge is 0.479 e. The lowest BCUT2D eigenvalue weighted by Gasteiger charge is -2.29. The molecule has 3 nitrogen and oxygen atoms in total. The SMILES string of the molecule is COC(C(=O)O)C(C)(C)c1ccsc1. The lowest BCUT2D eigenvalue weighted by Crippen LogP contribution is -2.41. The number of carboxylic acids is 1. The van der Waals surface area contributed by atoms with Gasteiger partial charge in [0.15, 0.2) is 6.10 Å².